The van der Waals surface area contributed by atoms with Crippen molar-refractivity contribution in [3.05, 3.63) is 71.3 Å². The van der Waals surface area contributed by atoms with E-state index in [0.717, 1.165) is 0 Å². The van der Waals surface area contributed by atoms with Crippen molar-refractivity contribution >= 4 is 17.3 Å². The lowest BCUT2D eigenvalue weighted by atomic mass is 10.3. The molecule has 2 rings (SSSR count). The maximum Gasteiger partial charge on any atom is 0.269 e. The molecule has 0 saturated heterocycles. The van der Waals surface area contributed by atoms with E-state index >= 15 is 0 Å². The molecular weight excluding hydrogens is 312 g/mol. The molecular formula is C17H16N2O5. The molecule has 0 bridgehead atoms. The summed E-state index contributed by atoms with van der Waals surface area (Å²) in [4.78, 5) is 21.9. The van der Waals surface area contributed by atoms with Crippen molar-refractivity contribution < 1.29 is 19.2 Å². The van der Waals surface area contributed by atoms with Crippen LogP contribution in [-0.4, -0.2) is 24.0 Å². The lowest BCUT2D eigenvalue weighted by molar-refractivity contribution is -0.384. The molecule has 7 nitrogen and oxygen atoms in total. The van der Waals surface area contributed by atoms with Crippen LogP contribution in [0.2, 0.25) is 0 Å². The molecule has 0 aliphatic rings. The van der Waals surface area contributed by atoms with E-state index in [2.05, 4.69) is 11.9 Å². The average molecular weight is 328 g/mol. The van der Waals surface area contributed by atoms with Gasteiger partial charge < -0.3 is 14.8 Å². The number of non-ortho nitro benzene ring substituents is 1. The van der Waals surface area contributed by atoms with Crippen LogP contribution in [-0.2, 0) is 4.79 Å². The van der Waals surface area contributed by atoms with E-state index in [4.69, 9.17) is 9.47 Å². The summed E-state index contributed by atoms with van der Waals surface area (Å²) in [7, 11) is 0. The normalized spacial score (nSPS) is 9.83. The fourth-order valence-electron chi connectivity index (χ4n) is 1.80. The van der Waals surface area contributed by atoms with Crippen LogP contribution >= 0.6 is 0 Å². The quantitative estimate of drug-likeness (QED) is 0.456. The Hall–Kier alpha value is -3.35. The van der Waals surface area contributed by atoms with E-state index in [0.29, 0.717) is 23.8 Å². The summed E-state index contributed by atoms with van der Waals surface area (Å²) >= 11 is 0. The summed E-state index contributed by atoms with van der Waals surface area (Å²) in [5.41, 5.74) is 0.573. The number of carbonyl (C=O) groups is 1. The Bertz CT molecular complexity index is 711. The van der Waals surface area contributed by atoms with Crippen molar-refractivity contribution in [1.29, 1.82) is 0 Å². The second kappa shape index (κ2) is 8.33. The highest BCUT2D eigenvalue weighted by Crippen LogP contribution is 2.18. The zero-order valence-corrected chi connectivity index (χ0v) is 12.8. The molecule has 7 heteroatoms. The zero-order valence-electron chi connectivity index (χ0n) is 12.8. The number of nitrogens with one attached hydrogen (secondary N) is 1. The van der Waals surface area contributed by atoms with Crippen LogP contribution in [0, 0.1) is 10.1 Å². The summed E-state index contributed by atoms with van der Waals surface area (Å²) in [5.74, 6) is 0.715. The van der Waals surface area contributed by atoms with Crippen molar-refractivity contribution in [2.75, 3.05) is 18.5 Å². The number of nitro groups is 1. The van der Waals surface area contributed by atoms with Gasteiger partial charge in [-0.25, -0.2) is 0 Å². The minimum absolute atomic E-state index is 0.0365. The van der Waals surface area contributed by atoms with Gasteiger partial charge in [0.15, 0.2) is 6.61 Å². The SMILES string of the molecule is C=CCOc1ccc(NC(=O)COc2ccc([N+](=O)[O-])cc2)cc1. The number of rotatable bonds is 8. The highest BCUT2D eigenvalue weighted by molar-refractivity contribution is 5.91. The highest BCUT2D eigenvalue weighted by atomic mass is 16.6. The molecule has 1 N–H and O–H groups in total. The molecule has 0 aliphatic carbocycles. The summed E-state index contributed by atoms with van der Waals surface area (Å²) in [6, 6.07) is 12.4. The van der Waals surface area contributed by atoms with E-state index < -0.39 is 4.92 Å². The van der Waals surface area contributed by atoms with Gasteiger partial charge >= 0.3 is 0 Å². The number of nitrogens with zero attached hydrogens (tertiary/aromatic N) is 1. The molecule has 0 fully saturated rings. The lowest BCUT2D eigenvalue weighted by Gasteiger charge is -2.08. The van der Waals surface area contributed by atoms with E-state index in [1.807, 2.05) is 0 Å². The fraction of sp³-hybridized carbons (Fsp3) is 0.118. The molecule has 0 aliphatic heterocycles. The largest absolute Gasteiger partial charge is 0.490 e. The van der Waals surface area contributed by atoms with Gasteiger partial charge in [-0.2, -0.15) is 0 Å². The molecule has 124 valence electrons. The van der Waals surface area contributed by atoms with Gasteiger partial charge in [0.25, 0.3) is 11.6 Å². The molecule has 0 aromatic heterocycles. The van der Waals surface area contributed by atoms with Crippen molar-refractivity contribution in [2.24, 2.45) is 0 Å². The first kappa shape index (κ1) is 17.0. The number of benzene rings is 2. The molecule has 1 amide bonds. The smallest absolute Gasteiger partial charge is 0.269 e. The number of hydrogen-bond donors (Lipinski definition) is 1. The minimum Gasteiger partial charge on any atom is -0.490 e. The Morgan fingerprint density at radius 2 is 1.67 bits per heavy atom. The molecule has 0 unspecified atom stereocenters. The second-order valence-electron chi connectivity index (χ2n) is 4.71. The van der Waals surface area contributed by atoms with E-state index in [9.17, 15) is 14.9 Å². The molecule has 0 atom stereocenters. The molecule has 24 heavy (non-hydrogen) atoms. The summed E-state index contributed by atoms with van der Waals surface area (Å²) in [5, 5.41) is 13.2. The molecule has 0 radical (unpaired) electrons. The van der Waals surface area contributed by atoms with Gasteiger partial charge in [0.2, 0.25) is 0 Å². The number of anilines is 1. The first-order valence-electron chi connectivity index (χ1n) is 7.09. The Morgan fingerprint density at radius 1 is 1.08 bits per heavy atom. The first-order chi connectivity index (χ1) is 11.6. The maximum atomic E-state index is 11.8. The fourth-order valence-corrected chi connectivity index (χ4v) is 1.80. The standard InChI is InChI=1S/C17H16N2O5/c1-2-11-23-15-7-3-13(4-8-15)18-17(20)12-24-16-9-5-14(6-10-16)19(21)22/h2-10H,1,11-12H2,(H,18,20). The van der Waals surface area contributed by atoms with Gasteiger partial charge in [0.05, 0.1) is 4.92 Å². The minimum atomic E-state index is -0.501. The van der Waals surface area contributed by atoms with Gasteiger partial charge in [-0.3, -0.25) is 14.9 Å². The predicted octanol–water partition coefficient (Wildman–Crippen LogP) is 3.18. The van der Waals surface area contributed by atoms with Gasteiger partial charge in [-0.05, 0) is 36.4 Å². The molecule has 2 aromatic carbocycles. The number of ether oxygens (including phenoxy) is 2. The van der Waals surface area contributed by atoms with E-state index in [1.54, 1.807) is 30.3 Å². The van der Waals surface area contributed by atoms with Crippen LogP contribution in [0.3, 0.4) is 0 Å². The lowest BCUT2D eigenvalue weighted by Crippen LogP contribution is -2.20. The Kier molecular flexibility index (Phi) is 5.90. The number of hydrogen-bond acceptors (Lipinski definition) is 5. The van der Waals surface area contributed by atoms with Gasteiger partial charge in [0, 0.05) is 17.8 Å². The predicted molar refractivity (Wildman–Crippen MR) is 89.4 cm³/mol. The average Bonchev–Trinajstić information content (AvgIpc) is 2.59. The number of nitro benzene ring substituents is 1. The second-order valence-corrected chi connectivity index (χ2v) is 4.71. The maximum absolute atomic E-state index is 11.8. The Labute approximate surface area is 138 Å². The Morgan fingerprint density at radius 3 is 2.25 bits per heavy atom. The molecule has 0 spiro atoms. The third-order valence-corrected chi connectivity index (χ3v) is 2.92. The summed E-state index contributed by atoms with van der Waals surface area (Å²) < 4.78 is 10.6. The van der Waals surface area contributed by atoms with Gasteiger partial charge in [-0.15, -0.1) is 0 Å². The first-order valence-corrected chi connectivity index (χ1v) is 7.09. The van der Waals surface area contributed by atoms with E-state index in [1.165, 1.54) is 24.3 Å². The van der Waals surface area contributed by atoms with Crippen LogP contribution in [0.15, 0.2) is 61.2 Å². The van der Waals surface area contributed by atoms with Crippen LogP contribution in [0.1, 0.15) is 0 Å². The van der Waals surface area contributed by atoms with Crippen LogP contribution in [0.4, 0.5) is 11.4 Å². The molecule has 2 aromatic rings. The van der Waals surface area contributed by atoms with Gasteiger partial charge in [-0.1, -0.05) is 12.7 Å². The van der Waals surface area contributed by atoms with Crippen molar-refractivity contribution in [1.82, 2.24) is 0 Å². The molecule has 0 heterocycles. The van der Waals surface area contributed by atoms with E-state index in [-0.39, 0.29) is 18.2 Å². The topological polar surface area (TPSA) is 90.7 Å². The highest BCUT2D eigenvalue weighted by Gasteiger charge is 2.07. The Balaban J connectivity index is 1.82. The van der Waals surface area contributed by atoms with Gasteiger partial charge in [0.1, 0.15) is 18.1 Å². The summed E-state index contributed by atoms with van der Waals surface area (Å²) in [6.07, 6.45) is 1.64. The third kappa shape index (κ3) is 5.13. The number of amides is 1. The van der Waals surface area contributed by atoms with Crippen molar-refractivity contribution in [3.63, 3.8) is 0 Å². The van der Waals surface area contributed by atoms with Crippen LogP contribution in [0.25, 0.3) is 0 Å². The van der Waals surface area contributed by atoms with Crippen LogP contribution < -0.4 is 14.8 Å². The summed E-state index contributed by atoms with van der Waals surface area (Å²) in [6.45, 7) is 3.77. The van der Waals surface area contributed by atoms with Crippen molar-refractivity contribution in [3.8, 4) is 11.5 Å². The molecule has 0 saturated carbocycles. The van der Waals surface area contributed by atoms with Crippen LogP contribution in [0.5, 0.6) is 11.5 Å². The third-order valence-electron chi connectivity index (χ3n) is 2.92. The van der Waals surface area contributed by atoms with Crippen molar-refractivity contribution in [2.45, 2.75) is 0 Å². The monoisotopic (exact) mass is 328 g/mol. The number of carbonyl (C=O) groups excluding carboxylic acids is 1. The zero-order chi connectivity index (χ0) is 17.4.